The van der Waals surface area contributed by atoms with Crippen molar-refractivity contribution in [1.29, 1.82) is 0 Å². The van der Waals surface area contributed by atoms with Gasteiger partial charge in [-0.3, -0.25) is 10.2 Å². The summed E-state index contributed by atoms with van der Waals surface area (Å²) in [6, 6.07) is 12.3. The maximum atomic E-state index is 12.9. The molecule has 2 heterocycles. The standard InChI is InChI=1S/C21H20Cl3N5O/c22-15-7-5-14(6-8-15)20-25-19(21(30)27-28-11-3-1-2-4-12-28)26-29(20)18-10-9-16(23)13-17(18)24/h5-10,13H,1-4,11-12H2,(H,27,30). The lowest BCUT2D eigenvalue weighted by atomic mass is 10.2. The lowest BCUT2D eigenvalue weighted by Gasteiger charge is -2.19. The molecule has 0 radical (unpaired) electrons. The molecule has 0 unspecified atom stereocenters. The van der Waals surface area contributed by atoms with Gasteiger partial charge in [-0.15, -0.1) is 5.10 Å². The fraction of sp³-hybridized carbons (Fsp3) is 0.286. The Labute approximate surface area is 189 Å². The molecule has 3 aromatic rings. The Kier molecular flexibility index (Phi) is 6.58. The normalized spacial score (nSPS) is 15.0. The molecule has 0 spiro atoms. The second-order valence-electron chi connectivity index (χ2n) is 7.12. The number of hydrogen-bond acceptors (Lipinski definition) is 4. The van der Waals surface area contributed by atoms with Gasteiger partial charge in [-0.2, -0.15) is 0 Å². The summed E-state index contributed by atoms with van der Waals surface area (Å²) in [7, 11) is 0. The number of nitrogens with one attached hydrogen (secondary N) is 1. The maximum Gasteiger partial charge on any atom is 0.305 e. The average Bonchev–Trinajstić information content (AvgIpc) is 3.00. The van der Waals surface area contributed by atoms with Crippen LogP contribution in [-0.2, 0) is 0 Å². The number of carbonyl (C=O) groups excluding carboxylic acids is 1. The third kappa shape index (κ3) is 4.78. The number of nitrogens with zero attached hydrogens (tertiary/aromatic N) is 4. The number of halogens is 3. The Hall–Kier alpha value is -2.12. The monoisotopic (exact) mass is 463 g/mol. The summed E-state index contributed by atoms with van der Waals surface area (Å²) in [6.45, 7) is 1.64. The molecule has 1 aliphatic heterocycles. The molecule has 30 heavy (non-hydrogen) atoms. The van der Waals surface area contributed by atoms with Gasteiger partial charge in [-0.05, 0) is 55.3 Å². The van der Waals surface area contributed by atoms with Crippen LogP contribution in [0, 0.1) is 0 Å². The van der Waals surface area contributed by atoms with Crippen molar-refractivity contribution in [3.05, 3.63) is 63.4 Å². The zero-order chi connectivity index (χ0) is 21.1. The fourth-order valence-electron chi connectivity index (χ4n) is 3.39. The van der Waals surface area contributed by atoms with Gasteiger partial charge in [0, 0.05) is 28.7 Å². The van der Waals surface area contributed by atoms with E-state index in [1.807, 2.05) is 17.1 Å². The Morgan fingerprint density at radius 2 is 1.57 bits per heavy atom. The van der Waals surface area contributed by atoms with Gasteiger partial charge in [0.1, 0.15) is 0 Å². The van der Waals surface area contributed by atoms with Crippen LogP contribution >= 0.6 is 34.8 Å². The van der Waals surface area contributed by atoms with Gasteiger partial charge < -0.3 is 0 Å². The minimum absolute atomic E-state index is 0.0650. The van der Waals surface area contributed by atoms with Crippen LogP contribution in [0.4, 0.5) is 0 Å². The molecule has 6 nitrogen and oxygen atoms in total. The highest BCUT2D eigenvalue weighted by atomic mass is 35.5. The van der Waals surface area contributed by atoms with Crippen molar-refractivity contribution >= 4 is 40.7 Å². The van der Waals surface area contributed by atoms with Crippen LogP contribution in [0.15, 0.2) is 42.5 Å². The highest BCUT2D eigenvalue weighted by Crippen LogP contribution is 2.29. The van der Waals surface area contributed by atoms with E-state index >= 15 is 0 Å². The number of amides is 1. The predicted octanol–water partition coefficient (Wildman–Crippen LogP) is 5.42. The summed E-state index contributed by atoms with van der Waals surface area (Å²) in [5, 5.41) is 7.92. The number of carbonyl (C=O) groups is 1. The molecule has 1 aromatic heterocycles. The van der Waals surface area contributed by atoms with E-state index in [0.717, 1.165) is 31.5 Å². The van der Waals surface area contributed by atoms with E-state index in [1.54, 1.807) is 35.0 Å². The van der Waals surface area contributed by atoms with Crippen LogP contribution in [0.5, 0.6) is 0 Å². The topological polar surface area (TPSA) is 63.1 Å². The third-order valence-corrected chi connectivity index (χ3v) is 5.71. The SMILES string of the molecule is O=C(NN1CCCCCC1)c1nc(-c2ccc(Cl)cc2)n(-c2ccc(Cl)cc2Cl)n1. The Morgan fingerprint density at radius 3 is 2.23 bits per heavy atom. The highest BCUT2D eigenvalue weighted by Gasteiger charge is 2.22. The number of benzene rings is 2. The predicted molar refractivity (Wildman–Crippen MR) is 119 cm³/mol. The van der Waals surface area contributed by atoms with Crippen molar-refractivity contribution in [2.45, 2.75) is 25.7 Å². The van der Waals surface area contributed by atoms with Crippen molar-refractivity contribution in [1.82, 2.24) is 25.2 Å². The fourth-order valence-corrected chi connectivity index (χ4v) is 4.01. The minimum atomic E-state index is -0.351. The Morgan fingerprint density at radius 1 is 0.900 bits per heavy atom. The van der Waals surface area contributed by atoms with Crippen molar-refractivity contribution in [3.8, 4) is 17.1 Å². The summed E-state index contributed by atoms with van der Waals surface area (Å²) in [6.07, 6.45) is 4.46. The molecule has 1 N–H and O–H groups in total. The number of hydrazine groups is 1. The van der Waals surface area contributed by atoms with Crippen molar-refractivity contribution in [2.24, 2.45) is 0 Å². The molecular weight excluding hydrogens is 445 g/mol. The summed E-state index contributed by atoms with van der Waals surface area (Å²) in [5.41, 5.74) is 4.26. The summed E-state index contributed by atoms with van der Waals surface area (Å²) in [5.74, 6) is 0.197. The largest absolute Gasteiger partial charge is 0.305 e. The van der Waals surface area contributed by atoms with Gasteiger partial charge >= 0.3 is 5.91 Å². The highest BCUT2D eigenvalue weighted by molar-refractivity contribution is 6.35. The van der Waals surface area contributed by atoms with E-state index in [4.69, 9.17) is 34.8 Å². The molecule has 0 aliphatic carbocycles. The minimum Gasteiger partial charge on any atom is -0.282 e. The zero-order valence-corrected chi connectivity index (χ0v) is 18.4. The summed E-state index contributed by atoms with van der Waals surface area (Å²) in [4.78, 5) is 17.4. The number of aromatic nitrogens is 3. The molecule has 2 aromatic carbocycles. The zero-order valence-electron chi connectivity index (χ0n) is 16.1. The first-order chi connectivity index (χ1) is 14.5. The van der Waals surface area contributed by atoms with Crippen molar-refractivity contribution in [2.75, 3.05) is 13.1 Å². The molecule has 1 saturated heterocycles. The molecule has 0 saturated carbocycles. The molecule has 156 valence electrons. The number of hydrogen-bond donors (Lipinski definition) is 1. The quantitative estimate of drug-likeness (QED) is 0.560. The molecule has 1 aliphatic rings. The van der Waals surface area contributed by atoms with Gasteiger partial charge in [0.2, 0.25) is 5.82 Å². The molecular formula is C21H20Cl3N5O. The van der Waals surface area contributed by atoms with Crippen LogP contribution in [0.3, 0.4) is 0 Å². The summed E-state index contributed by atoms with van der Waals surface area (Å²) >= 11 is 18.5. The van der Waals surface area contributed by atoms with Crippen molar-refractivity contribution < 1.29 is 4.79 Å². The van der Waals surface area contributed by atoms with Crippen LogP contribution < -0.4 is 5.43 Å². The first kappa shape index (κ1) is 21.1. The molecule has 1 amide bonds. The van der Waals surface area contributed by atoms with E-state index in [2.05, 4.69) is 15.5 Å². The van der Waals surface area contributed by atoms with Crippen LogP contribution in [0.25, 0.3) is 17.1 Å². The average molecular weight is 465 g/mol. The first-order valence-electron chi connectivity index (χ1n) is 9.75. The molecule has 0 bridgehead atoms. The van der Waals surface area contributed by atoms with Crippen molar-refractivity contribution in [3.63, 3.8) is 0 Å². The molecule has 9 heteroatoms. The second kappa shape index (κ2) is 9.35. The van der Waals surface area contributed by atoms with E-state index in [1.165, 1.54) is 12.8 Å². The smallest absolute Gasteiger partial charge is 0.282 e. The lowest BCUT2D eigenvalue weighted by Crippen LogP contribution is -2.43. The molecule has 0 atom stereocenters. The van der Waals surface area contributed by atoms with E-state index in [9.17, 15) is 4.79 Å². The van der Waals surface area contributed by atoms with Gasteiger partial charge in [0.05, 0.1) is 10.7 Å². The van der Waals surface area contributed by atoms with Gasteiger partial charge in [0.25, 0.3) is 0 Å². The number of rotatable bonds is 4. The Bertz CT molecular complexity index is 1040. The van der Waals surface area contributed by atoms with Gasteiger partial charge in [0.15, 0.2) is 5.82 Å². The van der Waals surface area contributed by atoms with E-state index < -0.39 is 0 Å². The van der Waals surface area contributed by atoms with Crippen LogP contribution in [-0.4, -0.2) is 38.8 Å². The third-order valence-electron chi connectivity index (χ3n) is 4.92. The molecule has 1 fully saturated rings. The van der Waals surface area contributed by atoms with Gasteiger partial charge in [-0.1, -0.05) is 47.6 Å². The van der Waals surface area contributed by atoms with E-state index in [0.29, 0.717) is 26.6 Å². The second-order valence-corrected chi connectivity index (χ2v) is 8.40. The summed E-state index contributed by atoms with van der Waals surface area (Å²) < 4.78 is 1.55. The van der Waals surface area contributed by atoms with Crippen LogP contribution in [0.1, 0.15) is 36.3 Å². The lowest BCUT2D eigenvalue weighted by molar-refractivity contribution is 0.0783. The molecule has 4 rings (SSSR count). The maximum absolute atomic E-state index is 12.9. The van der Waals surface area contributed by atoms with Crippen LogP contribution in [0.2, 0.25) is 15.1 Å². The van der Waals surface area contributed by atoms with Gasteiger partial charge in [-0.25, -0.2) is 14.7 Å². The van der Waals surface area contributed by atoms with E-state index in [-0.39, 0.29) is 11.7 Å². The first-order valence-corrected chi connectivity index (χ1v) is 10.9. The Balaban J connectivity index is 1.71.